The molecule has 0 spiro atoms. The Morgan fingerprint density at radius 1 is 1.00 bits per heavy atom. The number of benzene rings is 2. The first kappa shape index (κ1) is 17.0. The third-order valence-electron chi connectivity index (χ3n) is 3.14. The fraction of sp³-hybridized carbons (Fsp3) is 0.176. The molecule has 2 N–H and O–H groups in total. The van der Waals surface area contributed by atoms with E-state index in [9.17, 15) is 9.59 Å². The van der Waals surface area contributed by atoms with Crippen LogP contribution in [0.3, 0.4) is 0 Å². The third kappa shape index (κ3) is 5.39. The monoisotopic (exact) mass is 331 g/mol. The van der Waals surface area contributed by atoms with Crippen LogP contribution < -0.4 is 10.9 Å². The minimum absolute atomic E-state index is 0.164. The van der Waals surface area contributed by atoms with E-state index in [0.29, 0.717) is 17.1 Å². The van der Waals surface area contributed by atoms with Crippen LogP contribution in [0.15, 0.2) is 54.6 Å². The number of halogens is 1. The molecule has 0 saturated heterocycles. The molecule has 2 rings (SSSR count). The van der Waals surface area contributed by atoms with Crippen LogP contribution in [0.4, 0.5) is 0 Å². The average Bonchev–Trinajstić information content (AvgIpc) is 2.54. The SMILES string of the molecule is CN(CC(=O)NNC(=O)c1ccccc1Cl)Cc1ccccc1. The lowest BCUT2D eigenvalue weighted by Crippen LogP contribution is -2.45. The maximum atomic E-state index is 11.9. The van der Waals surface area contributed by atoms with Gasteiger partial charge in [-0.3, -0.25) is 25.3 Å². The van der Waals surface area contributed by atoms with Gasteiger partial charge in [-0.1, -0.05) is 54.1 Å². The predicted octanol–water partition coefficient (Wildman–Crippen LogP) is 2.23. The maximum Gasteiger partial charge on any atom is 0.271 e. The molecule has 0 aliphatic rings. The molecule has 0 aromatic heterocycles. The number of amides is 2. The zero-order chi connectivity index (χ0) is 16.7. The number of hydrogen-bond donors (Lipinski definition) is 2. The van der Waals surface area contributed by atoms with E-state index < -0.39 is 5.91 Å². The van der Waals surface area contributed by atoms with Crippen molar-refractivity contribution in [3.05, 3.63) is 70.7 Å². The summed E-state index contributed by atoms with van der Waals surface area (Å²) < 4.78 is 0. The number of hydrazine groups is 1. The molecule has 2 aromatic carbocycles. The zero-order valence-corrected chi connectivity index (χ0v) is 13.5. The lowest BCUT2D eigenvalue weighted by atomic mass is 10.2. The van der Waals surface area contributed by atoms with Gasteiger partial charge in [0.25, 0.3) is 11.8 Å². The molecule has 6 heteroatoms. The van der Waals surface area contributed by atoms with E-state index in [1.165, 1.54) is 0 Å². The van der Waals surface area contributed by atoms with E-state index in [1.807, 2.05) is 42.3 Å². The molecule has 0 heterocycles. The number of likely N-dealkylation sites (N-methyl/N-ethyl adjacent to an activating group) is 1. The molecule has 5 nitrogen and oxygen atoms in total. The molecule has 120 valence electrons. The smallest absolute Gasteiger partial charge is 0.271 e. The lowest BCUT2D eigenvalue weighted by Gasteiger charge is -2.16. The summed E-state index contributed by atoms with van der Waals surface area (Å²) in [5.74, 6) is -0.751. The van der Waals surface area contributed by atoms with Crippen LogP contribution in [0.25, 0.3) is 0 Å². The predicted molar refractivity (Wildman–Crippen MR) is 89.8 cm³/mol. The van der Waals surface area contributed by atoms with Crippen molar-refractivity contribution in [1.82, 2.24) is 15.8 Å². The fourth-order valence-electron chi connectivity index (χ4n) is 2.07. The second kappa shape index (κ2) is 8.31. The van der Waals surface area contributed by atoms with Crippen molar-refractivity contribution in [3.8, 4) is 0 Å². The molecule has 0 saturated carbocycles. The highest BCUT2D eigenvalue weighted by Gasteiger charge is 2.11. The van der Waals surface area contributed by atoms with E-state index in [1.54, 1.807) is 24.3 Å². The normalized spacial score (nSPS) is 10.4. The van der Waals surface area contributed by atoms with Gasteiger partial charge in [0.15, 0.2) is 0 Å². The first-order valence-electron chi connectivity index (χ1n) is 7.12. The summed E-state index contributed by atoms with van der Waals surface area (Å²) in [6, 6.07) is 16.5. The molecule has 0 aliphatic carbocycles. The molecular formula is C17H18ClN3O2. The minimum atomic E-state index is -0.449. The number of carbonyl (C=O) groups is 2. The van der Waals surface area contributed by atoms with E-state index in [4.69, 9.17) is 11.6 Å². The second-order valence-electron chi connectivity index (χ2n) is 5.14. The Morgan fingerprint density at radius 2 is 1.65 bits per heavy atom. The van der Waals surface area contributed by atoms with Crippen LogP contribution in [-0.4, -0.2) is 30.3 Å². The number of nitrogens with one attached hydrogen (secondary N) is 2. The number of carbonyl (C=O) groups excluding carboxylic acids is 2. The van der Waals surface area contributed by atoms with Crippen LogP contribution >= 0.6 is 11.6 Å². The summed E-state index contributed by atoms with van der Waals surface area (Å²) in [4.78, 5) is 25.6. The van der Waals surface area contributed by atoms with E-state index in [-0.39, 0.29) is 12.5 Å². The van der Waals surface area contributed by atoms with Crippen molar-refractivity contribution < 1.29 is 9.59 Å². The molecule has 2 amide bonds. The van der Waals surface area contributed by atoms with Crippen LogP contribution in [0.5, 0.6) is 0 Å². The first-order chi connectivity index (χ1) is 11.1. The van der Waals surface area contributed by atoms with Crippen molar-refractivity contribution in [2.75, 3.05) is 13.6 Å². The topological polar surface area (TPSA) is 61.4 Å². The Balaban J connectivity index is 1.79. The zero-order valence-electron chi connectivity index (χ0n) is 12.8. The van der Waals surface area contributed by atoms with Gasteiger partial charge in [-0.25, -0.2) is 0 Å². The molecule has 0 unspecified atom stereocenters. The largest absolute Gasteiger partial charge is 0.293 e. The summed E-state index contributed by atoms with van der Waals surface area (Å²) >= 11 is 5.93. The second-order valence-corrected chi connectivity index (χ2v) is 5.55. The van der Waals surface area contributed by atoms with Gasteiger partial charge in [0.05, 0.1) is 17.1 Å². The van der Waals surface area contributed by atoms with Crippen LogP contribution in [-0.2, 0) is 11.3 Å². The molecule has 0 bridgehead atoms. The highest BCUT2D eigenvalue weighted by Crippen LogP contribution is 2.14. The number of rotatable bonds is 5. The molecule has 0 radical (unpaired) electrons. The lowest BCUT2D eigenvalue weighted by molar-refractivity contribution is -0.122. The van der Waals surface area contributed by atoms with Crippen molar-refractivity contribution in [1.29, 1.82) is 0 Å². The number of nitrogens with zero attached hydrogens (tertiary/aromatic N) is 1. The highest BCUT2D eigenvalue weighted by atomic mass is 35.5. The fourth-order valence-corrected chi connectivity index (χ4v) is 2.30. The van der Waals surface area contributed by atoms with E-state index in [0.717, 1.165) is 5.56 Å². The van der Waals surface area contributed by atoms with Crippen molar-refractivity contribution in [2.45, 2.75) is 6.54 Å². The standard InChI is InChI=1S/C17H18ClN3O2/c1-21(11-13-7-3-2-4-8-13)12-16(22)19-20-17(23)14-9-5-6-10-15(14)18/h2-10H,11-12H2,1H3,(H,19,22)(H,20,23). The van der Waals surface area contributed by atoms with Gasteiger partial charge in [0.2, 0.25) is 0 Å². The molecule has 0 atom stereocenters. The summed E-state index contributed by atoms with van der Waals surface area (Å²) in [5, 5.41) is 0.334. The summed E-state index contributed by atoms with van der Waals surface area (Å²) in [6.07, 6.45) is 0. The summed E-state index contributed by atoms with van der Waals surface area (Å²) in [7, 11) is 1.84. The van der Waals surface area contributed by atoms with Crippen LogP contribution in [0, 0.1) is 0 Å². The molecule has 2 aromatic rings. The van der Waals surface area contributed by atoms with Crippen molar-refractivity contribution in [2.24, 2.45) is 0 Å². The number of hydrogen-bond acceptors (Lipinski definition) is 3. The van der Waals surface area contributed by atoms with Crippen LogP contribution in [0.1, 0.15) is 15.9 Å². The molecule has 23 heavy (non-hydrogen) atoms. The Labute approximate surface area is 140 Å². The van der Waals surface area contributed by atoms with Crippen molar-refractivity contribution in [3.63, 3.8) is 0 Å². The van der Waals surface area contributed by atoms with E-state index in [2.05, 4.69) is 10.9 Å². The molecular weight excluding hydrogens is 314 g/mol. The Hall–Kier alpha value is -2.37. The van der Waals surface area contributed by atoms with Gasteiger partial charge in [0.1, 0.15) is 0 Å². The Kier molecular flexibility index (Phi) is 6.14. The minimum Gasteiger partial charge on any atom is -0.293 e. The quantitative estimate of drug-likeness (QED) is 0.826. The Morgan fingerprint density at radius 3 is 2.35 bits per heavy atom. The molecule has 0 aliphatic heterocycles. The van der Waals surface area contributed by atoms with Gasteiger partial charge in [-0.05, 0) is 24.7 Å². The van der Waals surface area contributed by atoms with Gasteiger partial charge >= 0.3 is 0 Å². The van der Waals surface area contributed by atoms with Crippen LogP contribution in [0.2, 0.25) is 5.02 Å². The average molecular weight is 332 g/mol. The maximum absolute atomic E-state index is 11.9. The molecule has 0 fully saturated rings. The first-order valence-corrected chi connectivity index (χ1v) is 7.50. The van der Waals surface area contributed by atoms with Gasteiger partial charge < -0.3 is 0 Å². The van der Waals surface area contributed by atoms with Gasteiger partial charge in [0, 0.05) is 6.54 Å². The highest BCUT2D eigenvalue weighted by molar-refractivity contribution is 6.33. The van der Waals surface area contributed by atoms with E-state index >= 15 is 0 Å². The summed E-state index contributed by atoms with van der Waals surface area (Å²) in [5.41, 5.74) is 6.17. The van der Waals surface area contributed by atoms with Gasteiger partial charge in [-0.2, -0.15) is 0 Å². The third-order valence-corrected chi connectivity index (χ3v) is 3.47. The van der Waals surface area contributed by atoms with Crippen molar-refractivity contribution >= 4 is 23.4 Å². The van der Waals surface area contributed by atoms with Gasteiger partial charge in [-0.15, -0.1) is 0 Å². The Bertz CT molecular complexity index is 677. The summed E-state index contributed by atoms with van der Waals surface area (Å²) in [6.45, 7) is 0.810.